The molecule has 1 aromatic heterocycles. The minimum absolute atomic E-state index is 0.134. The topological polar surface area (TPSA) is 79.4 Å². The highest BCUT2D eigenvalue weighted by atomic mass is 16.6. The van der Waals surface area contributed by atoms with Crippen molar-refractivity contribution >= 4 is 22.8 Å². The normalized spacial score (nSPS) is 11.6. The highest BCUT2D eigenvalue weighted by Gasteiger charge is 2.17. The van der Waals surface area contributed by atoms with Crippen molar-refractivity contribution in [3.05, 3.63) is 35.5 Å². The number of rotatable bonds is 3. The first kappa shape index (κ1) is 14.1. The van der Waals surface area contributed by atoms with E-state index in [1.54, 1.807) is 24.3 Å². The fourth-order valence-corrected chi connectivity index (χ4v) is 1.95. The largest absolute Gasteiger partial charge is 0.477 e. The lowest BCUT2D eigenvalue weighted by Gasteiger charge is -2.19. The van der Waals surface area contributed by atoms with Crippen LogP contribution in [0.5, 0.6) is 0 Å². The number of ether oxygens (including phenoxy) is 1. The number of aromatic carboxylic acids is 1. The average molecular weight is 275 g/mol. The molecule has 1 heterocycles. The summed E-state index contributed by atoms with van der Waals surface area (Å²) in [6, 6.07) is 6.90. The molecule has 5 heteroatoms. The Bertz CT molecular complexity index is 664. The average Bonchev–Trinajstić information content (AvgIpc) is 2.69. The predicted octanol–water partition coefficient (Wildman–Crippen LogP) is 2.75. The number of carbonyl (C=O) groups is 2. The third-order valence-corrected chi connectivity index (χ3v) is 2.68. The number of fused-ring (bicyclic) bond motifs is 1. The number of carboxylic acid groups (broad SMARTS) is 1. The molecule has 0 aliphatic heterocycles. The Morgan fingerprint density at radius 1 is 1.25 bits per heavy atom. The van der Waals surface area contributed by atoms with Crippen molar-refractivity contribution in [1.29, 1.82) is 0 Å². The van der Waals surface area contributed by atoms with E-state index < -0.39 is 11.6 Å². The molecule has 106 valence electrons. The zero-order valence-electron chi connectivity index (χ0n) is 11.7. The van der Waals surface area contributed by atoms with E-state index >= 15 is 0 Å². The van der Waals surface area contributed by atoms with E-state index in [0.29, 0.717) is 0 Å². The Morgan fingerprint density at radius 3 is 2.55 bits per heavy atom. The number of benzene rings is 1. The van der Waals surface area contributed by atoms with E-state index in [1.165, 1.54) is 0 Å². The van der Waals surface area contributed by atoms with E-state index in [1.807, 2.05) is 20.8 Å². The van der Waals surface area contributed by atoms with Crippen molar-refractivity contribution < 1.29 is 19.4 Å². The molecule has 0 aliphatic rings. The monoisotopic (exact) mass is 275 g/mol. The second-order valence-electron chi connectivity index (χ2n) is 5.67. The second kappa shape index (κ2) is 5.00. The van der Waals surface area contributed by atoms with Gasteiger partial charge in [0.15, 0.2) is 0 Å². The summed E-state index contributed by atoms with van der Waals surface area (Å²) in [7, 11) is 0. The summed E-state index contributed by atoms with van der Waals surface area (Å²) in [5.41, 5.74) is 1.15. The molecule has 0 fully saturated rings. The van der Waals surface area contributed by atoms with Gasteiger partial charge >= 0.3 is 11.9 Å². The summed E-state index contributed by atoms with van der Waals surface area (Å²) in [5.74, 6) is -1.30. The smallest absolute Gasteiger partial charge is 0.352 e. The summed E-state index contributed by atoms with van der Waals surface area (Å²) >= 11 is 0. The molecule has 2 rings (SSSR count). The molecule has 2 N–H and O–H groups in total. The molecule has 0 unspecified atom stereocenters. The van der Waals surface area contributed by atoms with Gasteiger partial charge in [-0.05, 0) is 44.5 Å². The van der Waals surface area contributed by atoms with Crippen molar-refractivity contribution in [2.45, 2.75) is 32.8 Å². The summed E-state index contributed by atoms with van der Waals surface area (Å²) in [6.07, 6.45) is 0.167. The van der Waals surface area contributed by atoms with Gasteiger partial charge < -0.3 is 14.8 Å². The molecule has 2 aromatic rings. The Kier molecular flexibility index (Phi) is 3.53. The first-order chi connectivity index (χ1) is 9.24. The molecule has 0 saturated heterocycles. The van der Waals surface area contributed by atoms with Gasteiger partial charge in [-0.2, -0.15) is 0 Å². The van der Waals surface area contributed by atoms with Crippen LogP contribution in [0.25, 0.3) is 10.9 Å². The number of carboxylic acids is 1. The summed E-state index contributed by atoms with van der Waals surface area (Å²) < 4.78 is 5.26. The standard InChI is InChI=1S/C15H17NO4/c1-15(2,3)20-13(17)7-9-4-5-11-10(6-9)8-12(16-11)14(18)19/h4-6,8,16H,7H2,1-3H3,(H,18,19). The van der Waals surface area contributed by atoms with E-state index in [9.17, 15) is 9.59 Å². The van der Waals surface area contributed by atoms with Gasteiger partial charge in [0.2, 0.25) is 0 Å². The molecule has 1 aromatic carbocycles. The number of esters is 1. The fraction of sp³-hybridized carbons (Fsp3) is 0.333. The molecule has 0 bridgehead atoms. The van der Waals surface area contributed by atoms with Gasteiger partial charge in [-0.15, -0.1) is 0 Å². The number of aromatic amines is 1. The maximum absolute atomic E-state index is 11.8. The quantitative estimate of drug-likeness (QED) is 0.844. The van der Waals surface area contributed by atoms with Gasteiger partial charge in [-0.25, -0.2) is 4.79 Å². The van der Waals surface area contributed by atoms with Gasteiger partial charge in [0.25, 0.3) is 0 Å². The maximum Gasteiger partial charge on any atom is 0.352 e. The lowest BCUT2D eigenvalue weighted by molar-refractivity contribution is -0.153. The van der Waals surface area contributed by atoms with Gasteiger partial charge in [0.1, 0.15) is 11.3 Å². The van der Waals surface area contributed by atoms with Crippen LogP contribution in [0, 0.1) is 0 Å². The number of hydrogen-bond donors (Lipinski definition) is 2. The molecular formula is C15H17NO4. The molecule has 5 nitrogen and oxygen atoms in total. The van der Waals surface area contributed by atoms with Crippen LogP contribution < -0.4 is 0 Å². The fourth-order valence-electron chi connectivity index (χ4n) is 1.95. The Labute approximate surface area is 116 Å². The minimum atomic E-state index is -1.00. The molecule has 0 saturated carbocycles. The second-order valence-corrected chi connectivity index (χ2v) is 5.67. The molecule has 0 radical (unpaired) electrons. The van der Waals surface area contributed by atoms with Gasteiger partial charge in [-0.1, -0.05) is 6.07 Å². The van der Waals surface area contributed by atoms with E-state index in [4.69, 9.17) is 9.84 Å². The van der Waals surface area contributed by atoms with Crippen molar-refractivity contribution in [2.24, 2.45) is 0 Å². The predicted molar refractivity (Wildman–Crippen MR) is 74.8 cm³/mol. The first-order valence-corrected chi connectivity index (χ1v) is 6.31. The van der Waals surface area contributed by atoms with Crippen molar-refractivity contribution in [3.8, 4) is 0 Å². The van der Waals surface area contributed by atoms with Gasteiger partial charge in [0, 0.05) is 10.9 Å². The third kappa shape index (κ3) is 3.38. The van der Waals surface area contributed by atoms with Crippen LogP contribution in [0.4, 0.5) is 0 Å². The van der Waals surface area contributed by atoms with Crippen LogP contribution in [0.2, 0.25) is 0 Å². The molecule has 0 amide bonds. The van der Waals surface area contributed by atoms with Crippen molar-refractivity contribution in [3.63, 3.8) is 0 Å². The molecule has 0 spiro atoms. The lowest BCUT2D eigenvalue weighted by Crippen LogP contribution is -2.24. The number of carbonyl (C=O) groups excluding carboxylic acids is 1. The van der Waals surface area contributed by atoms with Gasteiger partial charge in [-0.3, -0.25) is 4.79 Å². The van der Waals surface area contributed by atoms with Crippen LogP contribution in [0.3, 0.4) is 0 Å². The zero-order valence-corrected chi connectivity index (χ0v) is 11.7. The van der Waals surface area contributed by atoms with Crippen LogP contribution in [-0.2, 0) is 16.0 Å². The van der Waals surface area contributed by atoms with E-state index in [0.717, 1.165) is 16.5 Å². The van der Waals surface area contributed by atoms with Crippen molar-refractivity contribution in [2.75, 3.05) is 0 Å². The third-order valence-electron chi connectivity index (χ3n) is 2.68. The highest BCUT2D eigenvalue weighted by Crippen LogP contribution is 2.18. The summed E-state index contributed by atoms with van der Waals surface area (Å²) in [4.78, 5) is 25.4. The first-order valence-electron chi connectivity index (χ1n) is 6.31. The Balaban J connectivity index is 2.19. The molecule has 0 aliphatic carbocycles. The molecular weight excluding hydrogens is 258 g/mol. The number of aromatic nitrogens is 1. The highest BCUT2D eigenvalue weighted by molar-refractivity contribution is 5.94. The zero-order chi connectivity index (χ0) is 14.9. The summed E-state index contributed by atoms with van der Waals surface area (Å²) in [5, 5.41) is 9.69. The molecule has 0 atom stereocenters. The van der Waals surface area contributed by atoms with Crippen molar-refractivity contribution in [1.82, 2.24) is 4.98 Å². The Hall–Kier alpha value is -2.30. The van der Waals surface area contributed by atoms with E-state index in [-0.39, 0.29) is 18.1 Å². The number of H-pyrrole nitrogens is 1. The lowest BCUT2D eigenvalue weighted by atomic mass is 10.1. The SMILES string of the molecule is CC(C)(C)OC(=O)Cc1ccc2[nH]c(C(=O)O)cc2c1. The molecule has 20 heavy (non-hydrogen) atoms. The maximum atomic E-state index is 11.8. The number of hydrogen-bond acceptors (Lipinski definition) is 3. The van der Waals surface area contributed by atoms with Gasteiger partial charge in [0.05, 0.1) is 6.42 Å². The summed E-state index contributed by atoms with van der Waals surface area (Å²) in [6.45, 7) is 5.46. The van der Waals surface area contributed by atoms with Crippen LogP contribution >= 0.6 is 0 Å². The van der Waals surface area contributed by atoms with Crippen LogP contribution in [0.1, 0.15) is 36.8 Å². The van der Waals surface area contributed by atoms with Crippen LogP contribution in [0.15, 0.2) is 24.3 Å². The number of nitrogens with one attached hydrogen (secondary N) is 1. The minimum Gasteiger partial charge on any atom is -0.477 e. The Morgan fingerprint density at radius 2 is 1.95 bits per heavy atom. The van der Waals surface area contributed by atoms with Crippen LogP contribution in [-0.4, -0.2) is 27.6 Å². The van der Waals surface area contributed by atoms with E-state index in [2.05, 4.69) is 4.98 Å².